The van der Waals surface area contributed by atoms with Gasteiger partial charge in [0.15, 0.2) is 6.10 Å². The second-order valence-electron chi connectivity index (χ2n) is 3.78. The van der Waals surface area contributed by atoms with Crippen LogP contribution in [-0.4, -0.2) is 22.9 Å². The van der Waals surface area contributed by atoms with Gasteiger partial charge in [-0.25, -0.2) is 0 Å². The van der Waals surface area contributed by atoms with Crippen molar-refractivity contribution in [3.05, 3.63) is 34.4 Å². The molecule has 0 unspecified atom stereocenters. The number of ether oxygens (including phenoxy) is 1. The normalized spacial score (nSPS) is 11.5. The highest BCUT2D eigenvalue weighted by Gasteiger charge is 2.17. The molecule has 1 atom stereocenters. The van der Waals surface area contributed by atoms with E-state index in [-0.39, 0.29) is 17.8 Å². The summed E-state index contributed by atoms with van der Waals surface area (Å²) in [4.78, 5) is 32.7. The number of hydrogen-bond donors (Lipinski definition) is 1. The third kappa shape index (κ3) is 4.38. The Labute approximate surface area is 109 Å². The first-order chi connectivity index (χ1) is 8.93. The van der Waals surface area contributed by atoms with Crippen molar-refractivity contribution in [1.82, 2.24) is 0 Å². The number of nitrogens with zero attached hydrogens (tertiary/aromatic N) is 1. The van der Waals surface area contributed by atoms with E-state index in [9.17, 15) is 19.7 Å². The summed E-state index contributed by atoms with van der Waals surface area (Å²) in [5.74, 6) is -1.02. The van der Waals surface area contributed by atoms with Crippen molar-refractivity contribution in [1.29, 1.82) is 0 Å². The van der Waals surface area contributed by atoms with Gasteiger partial charge >= 0.3 is 5.97 Å². The lowest BCUT2D eigenvalue weighted by Crippen LogP contribution is -2.29. The molecule has 1 rings (SSSR count). The van der Waals surface area contributed by atoms with E-state index in [1.54, 1.807) is 6.92 Å². The van der Waals surface area contributed by atoms with Gasteiger partial charge in [0.25, 0.3) is 11.6 Å². The number of hydrogen-bond acceptors (Lipinski definition) is 5. The standard InChI is InChI=1S/C12H14N2O5/c1-3-11(15)19-8(2)12(16)13-9-5-4-6-10(7-9)14(17)18/h4-8H,3H2,1-2H3,(H,13,16)/t8-/m0/s1. The first-order valence-corrected chi connectivity index (χ1v) is 5.68. The van der Waals surface area contributed by atoms with E-state index in [0.717, 1.165) is 0 Å². The van der Waals surface area contributed by atoms with Crippen molar-refractivity contribution in [3.63, 3.8) is 0 Å². The second kappa shape index (κ2) is 6.48. The van der Waals surface area contributed by atoms with Crippen LogP contribution < -0.4 is 5.32 Å². The number of carbonyl (C=O) groups is 2. The van der Waals surface area contributed by atoms with Crippen LogP contribution in [-0.2, 0) is 14.3 Å². The third-order valence-electron chi connectivity index (χ3n) is 2.29. The minimum absolute atomic E-state index is 0.129. The molecule has 0 saturated heterocycles. The van der Waals surface area contributed by atoms with Crippen LogP contribution in [0.2, 0.25) is 0 Å². The van der Waals surface area contributed by atoms with Gasteiger partial charge in [-0.2, -0.15) is 0 Å². The van der Waals surface area contributed by atoms with E-state index in [0.29, 0.717) is 0 Å². The number of benzene rings is 1. The first kappa shape index (κ1) is 14.6. The molecule has 19 heavy (non-hydrogen) atoms. The highest BCUT2D eigenvalue weighted by Crippen LogP contribution is 2.17. The van der Waals surface area contributed by atoms with E-state index in [1.807, 2.05) is 0 Å². The molecule has 102 valence electrons. The molecule has 0 heterocycles. The predicted octanol–water partition coefficient (Wildman–Crippen LogP) is 1.87. The van der Waals surface area contributed by atoms with Gasteiger partial charge in [-0.05, 0) is 13.0 Å². The summed E-state index contributed by atoms with van der Waals surface area (Å²) in [6.07, 6.45) is -0.777. The second-order valence-corrected chi connectivity index (χ2v) is 3.78. The Bertz CT molecular complexity index is 501. The van der Waals surface area contributed by atoms with Crippen LogP contribution in [0.1, 0.15) is 20.3 Å². The van der Waals surface area contributed by atoms with Crippen molar-refractivity contribution in [2.24, 2.45) is 0 Å². The van der Waals surface area contributed by atoms with Crippen molar-refractivity contribution in [2.75, 3.05) is 5.32 Å². The highest BCUT2D eigenvalue weighted by molar-refractivity contribution is 5.95. The summed E-state index contributed by atoms with van der Waals surface area (Å²) >= 11 is 0. The smallest absolute Gasteiger partial charge is 0.306 e. The molecular weight excluding hydrogens is 252 g/mol. The lowest BCUT2D eigenvalue weighted by atomic mass is 10.2. The number of carbonyl (C=O) groups excluding carboxylic acids is 2. The van der Waals surface area contributed by atoms with Gasteiger partial charge in [0.05, 0.1) is 4.92 Å². The maximum atomic E-state index is 11.7. The van der Waals surface area contributed by atoms with Crippen molar-refractivity contribution >= 4 is 23.3 Å². The molecular formula is C12H14N2O5. The molecule has 0 saturated carbocycles. The number of nitro benzene ring substituents is 1. The number of anilines is 1. The summed E-state index contributed by atoms with van der Waals surface area (Å²) in [6.45, 7) is 3.05. The molecule has 7 heteroatoms. The number of non-ortho nitro benzene ring substituents is 1. The lowest BCUT2D eigenvalue weighted by Gasteiger charge is -2.12. The van der Waals surface area contributed by atoms with E-state index < -0.39 is 22.9 Å². The molecule has 0 aliphatic rings. The molecule has 0 fully saturated rings. The summed E-state index contributed by atoms with van der Waals surface area (Å²) in [5.41, 5.74) is 0.148. The number of nitro groups is 1. The quantitative estimate of drug-likeness (QED) is 0.498. The molecule has 0 aliphatic heterocycles. The van der Waals surface area contributed by atoms with E-state index in [2.05, 4.69) is 5.32 Å². The summed E-state index contributed by atoms with van der Waals surface area (Å²) in [5, 5.41) is 13.0. The van der Waals surface area contributed by atoms with Gasteiger partial charge in [-0.15, -0.1) is 0 Å². The number of rotatable bonds is 5. The van der Waals surface area contributed by atoms with Crippen LogP contribution in [0.25, 0.3) is 0 Å². The average molecular weight is 266 g/mol. The first-order valence-electron chi connectivity index (χ1n) is 5.68. The zero-order chi connectivity index (χ0) is 14.4. The van der Waals surface area contributed by atoms with Crippen LogP contribution in [0.5, 0.6) is 0 Å². The maximum Gasteiger partial charge on any atom is 0.306 e. The number of esters is 1. The fraction of sp³-hybridized carbons (Fsp3) is 0.333. The molecule has 1 aromatic carbocycles. The highest BCUT2D eigenvalue weighted by atomic mass is 16.6. The largest absolute Gasteiger partial charge is 0.453 e. The monoisotopic (exact) mass is 266 g/mol. The predicted molar refractivity (Wildman–Crippen MR) is 67.6 cm³/mol. The molecule has 0 aliphatic carbocycles. The Morgan fingerprint density at radius 1 is 1.47 bits per heavy atom. The minimum atomic E-state index is -0.952. The number of amides is 1. The zero-order valence-corrected chi connectivity index (χ0v) is 10.6. The molecule has 0 bridgehead atoms. The van der Waals surface area contributed by atoms with Crippen LogP contribution in [0.4, 0.5) is 11.4 Å². The molecule has 1 amide bonds. The summed E-state index contributed by atoms with van der Waals surface area (Å²) in [7, 11) is 0. The van der Waals surface area contributed by atoms with Gasteiger partial charge in [0, 0.05) is 24.2 Å². The lowest BCUT2D eigenvalue weighted by molar-refractivity contribution is -0.384. The topological polar surface area (TPSA) is 98.5 Å². The van der Waals surface area contributed by atoms with Crippen molar-refractivity contribution < 1.29 is 19.2 Å². The molecule has 0 aromatic heterocycles. The maximum absolute atomic E-state index is 11.7. The Morgan fingerprint density at radius 3 is 2.74 bits per heavy atom. The Balaban J connectivity index is 2.68. The zero-order valence-electron chi connectivity index (χ0n) is 10.6. The average Bonchev–Trinajstić information content (AvgIpc) is 2.38. The molecule has 0 radical (unpaired) electrons. The molecule has 1 N–H and O–H groups in total. The Hall–Kier alpha value is -2.44. The molecule has 7 nitrogen and oxygen atoms in total. The van der Waals surface area contributed by atoms with Gasteiger partial charge in [0.1, 0.15) is 0 Å². The minimum Gasteiger partial charge on any atom is -0.453 e. The van der Waals surface area contributed by atoms with Crippen molar-refractivity contribution in [3.8, 4) is 0 Å². The van der Waals surface area contributed by atoms with Crippen LogP contribution in [0.3, 0.4) is 0 Å². The van der Waals surface area contributed by atoms with E-state index >= 15 is 0 Å². The summed E-state index contributed by atoms with van der Waals surface area (Å²) < 4.78 is 4.83. The van der Waals surface area contributed by atoms with E-state index in [4.69, 9.17) is 4.74 Å². The van der Waals surface area contributed by atoms with Gasteiger partial charge in [-0.1, -0.05) is 13.0 Å². The van der Waals surface area contributed by atoms with Gasteiger partial charge < -0.3 is 10.1 Å². The van der Waals surface area contributed by atoms with Gasteiger partial charge in [-0.3, -0.25) is 19.7 Å². The Kier molecular flexibility index (Phi) is 4.99. The SMILES string of the molecule is CCC(=O)O[C@@H](C)C(=O)Nc1cccc([N+](=O)[O-])c1. The fourth-order valence-electron chi connectivity index (χ4n) is 1.28. The van der Waals surface area contributed by atoms with Crippen molar-refractivity contribution in [2.45, 2.75) is 26.4 Å². The van der Waals surface area contributed by atoms with Gasteiger partial charge in [0.2, 0.25) is 0 Å². The molecule has 0 spiro atoms. The third-order valence-corrected chi connectivity index (χ3v) is 2.29. The molecule has 1 aromatic rings. The van der Waals surface area contributed by atoms with Crippen LogP contribution in [0, 0.1) is 10.1 Å². The van der Waals surface area contributed by atoms with Crippen LogP contribution >= 0.6 is 0 Å². The van der Waals surface area contributed by atoms with E-state index in [1.165, 1.54) is 31.2 Å². The summed E-state index contributed by atoms with van der Waals surface area (Å²) in [6, 6.07) is 5.51. The Morgan fingerprint density at radius 2 is 2.16 bits per heavy atom. The fourth-order valence-corrected chi connectivity index (χ4v) is 1.28. The number of nitrogens with one attached hydrogen (secondary N) is 1. The van der Waals surface area contributed by atoms with Crippen LogP contribution in [0.15, 0.2) is 24.3 Å².